The molecule has 0 N–H and O–H groups in total. The Hall–Kier alpha value is -1.62. The van der Waals surface area contributed by atoms with Gasteiger partial charge in [0.05, 0.1) is 0 Å². The summed E-state index contributed by atoms with van der Waals surface area (Å²) >= 11 is 0. The second kappa shape index (κ2) is 8.85. The highest BCUT2D eigenvalue weighted by molar-refractivity contribution is 5.88. The highest BCUT2D eigenvalue weighted by Gasteiger charge is 2.32. The molecule has 1 aliphatic rings. The Bertz CT molecular complexity index is 593. The molecule has 1 atom stereocenters. The van der Waals surface area contributed by atoms with Gasteiger partial charge in [-0.1, -0.05) is 19.4 Å². The third-order valence-corrected chi connectivity index (χ3v) is 4.64. The number of hydrogen-bond acceptors (Lipinski definition) is 4. The number of carbonyl (C=O) groups is 1. The summed E-state index contributed by atoms with van der Waals surface area (Å²) in [7, 11) is 0. The summed E-state index contributed by atoms with van der Waals surface area (Å²) < 4.78 is 5.67. The maximum Gasteiger partial charge on any atom is 0.416 e. The summed E-state index contributed by atoms with van der Waals surface area (Å²) in [4.78, 5) is 21.8. The van der Waals surface area contributed by atoms with Crippen molar-refractivity contribution in [2.24, 2.45) is 0 Å². The second-order valence-electron chi connectivity index (χ2n) is 8.41. The van der Waals surface area contributed by atoms with Crippen LogP contribution in [-0.4, -0.2) is 40.7 Å². The molecule has 0 aromatic carbocycles. The van der Waals surface area contributed by atoms with E-state index in [1.807, 2.05) is 40.7 Å². The average molecular weight is 362 g/mol. The molecule has 1 aromatic rings. The number of nitrogens with zero attached hydrogens (tertiary/aromatic N) is 3. The summed E-state index contributed by atoms with van der Waals surface area (Å²) in [6.07, 6.45) is 6.14. The maximum absolute atomic E-state index is 12.9. The summed E-state index contributed by atoms with van der Waals surface area (Å²) in [6, 6.07) is 4.39. The number of ether oxygens (including phenoxy) is 1. The molecular formula is C21H35N3O2. The van der Waals surface area contributed by atoms with Crippen LogP contribution in [0.4, 0.5) is 10.6 Å². The van der Waals surface area contributed by atoms with E-state index in [-0.39, 0.29) is 12.1 Å². The van der Waals surface area contributed by atoms with Crippen molar-refractivity contribution in [2.75, 3.05) is 18.0 Å². The highest BCUT2D eigenvalue weighted by Crippen LogP contribution is 2.36. The molecule has 1 fully saturated rings. The van der Waals surface area contributed by atoms with Crippen LogP contribution in [-0.2, 0) is 4.74 Å². The number of hydrogen-bond donors (Lipinski definition) is 0. The molecule has 1 amide bonds. The summed E-state index contributed by atoms with van der Waals surface area (Å²) in [6.45, 7) is 14.1. The molecule has 146 valence electrons. The summed E-state index contributed by atoms with van der Waals surface area (Å²) in [5.74, 6) is 0.741. The molecule has 0 radical (unpaired) electrons. The molecule has 5 heteroatoms. The SMILES string of the molecule is CCCN1CCCC[C@H]1c1cccnc1N(C(=O)OC(C)(C)C)C(C)C. The fourth-order valence-electron chi connectivity index (χ4n) is 3.62. The molecule has 2 rings (SSSR count). The van der Waals surface area contributed by atoms with Crippen molar-refractivity contribution in [1.29, 1.82) is 0 Å². The van der Waals surface area contributed by atoms with E-state index in [0.29, 0.717) is 6.04 Å². The molecule has 0 spiro atoms. The first-order valence-corrected chi connectivity index (χ1v) is 9.95. The molecule has 0 unspecified atom stereocenters. The first kappa shape index (κ1) is 20.7. The van der Waals surface area contributed by atoms with Crippen LogP contribution < -0.4 is 4.90 Å². The molecule has 2 heterocycles. The molecule has 1 saturated heterocycles. The summed E-state index contributed by atoms with van der Waals surface area (Å²) in [5.41, 5.74) is 0.610. The highest BCUT2D eigenvalue weighted by atomic mass is 16.6. The van der Waals surface area contributed by atoms with E-state index in [9.17, 15) is 4.79 Å². The van der Waals surface area contributed by atoms with Gasteiger partial charge in [0.2, 0.25) is 0 Å². The van der Waals surface area contributed by atoms with Gasteiger partial charge in [0.1, 0.15) is 11.4 Å². The predicted octanol–water partition coefficient (Wildman–Crippen LogP) is 5.17. The third-order valence-electron chi connectivity index (χ3n) is 4.64. The van der Waals surface area contributed by atoms with Gasteiger partial charge in [-0.3, -0.25) is 9.80 Å². The van der Waals surface area contributed by atoms with Gasteiger partial charge in [-0.25, -0.2) is 9.78 Å². The van der Waals surface area contributed by atoms with Gasteiger partial charge >= 0.3 is 6.09 Å². The van der Waals surface area contributed by atoms with Crippen LogP contribution in [0.15, 0.2) is 18.3 Å². The van der Waals surface area contributed by atoms with Crippen molar-refractivity contribution in [3.63, 3.8) is 0 Å². The van der Waals surface area contributed by atoms with E-state index >= 15 is 0 Å². The second-order valence-corrected chi connectivity index (χ2v) is 8.41. The maximum atomic E-state index is 12.9. The smallest absolute Gasteiger partial charge is 0.416 e. The van der Waals surface area contributed by atoms with E-state index in [0.717, 1.165) is 37.3 Å². The number of rotatable bonds is 5. The number of amides is 1. The van der Waals surface area contributed by atoms with Crippen LogP contribution in [0.1, 0.15) is 78.8 Å². The molecule has 0 saturated carbocycles. The van der Waals surface area contributed by atoms with Gasteiger partial charge in [0, 0.05) is 23.8 Å². The van der Waals surface area contributed by atoms with Crippen molar-refractivity contribution >= 4 is 11.9 Å². The minimum atomic E-state index is -0.530. The van der Waals surface area contributed by atoms with Crippen molar-refractivity contribution in [3.8, 4) is 0 Å². The Morgan fingerprint density at radius 1 is 1.38 bits per heavy atom. The standard InChI is InChI=1S/C21H35N3O2/c1-7-14-23-15-9-8-12-18(23)17-11-10-13-22-19(17)24(16(2)3)20(25)26-21(4,5)6/h10-11,13,16,18H,7-9,12,14-15H2,1-6H3/t18-/m0/s1. The zero-order valence-corrected chi connectivity index (χ0v) is 17.3. The van der Waals surface area contributed by atoms with E-state index in [1.165, 1.54) is 12.8 Å². The van der Waals surface area contributed by atoms with Crippen molar-refractivity contribution in [2.45, 2.75) is 84.9 Å². The van der Waals surface area contributed by atoms with Crippen LogP contribution in [0, 0.1) is 0 Å². The lowest BCUT2D eigenvalue weighted by Gasteiger charge is -2.38. The predicted molar refractivity (Wildman–Crippen MR) is 107 cm³/mol. The van der Waals surface area contributed by atoms with Gasteiger partial charge in [0.15, 0.2) is 0 Å². The summed E-state index contributed by atoms with van der Waals surface area (Å²) in [5, 5.41) is 0. The van der Waals surface area contributed by atoms with Crippen LogP contribution in [0.5, 0.6) is 0 Å². The Balaban J connectivity index is 2.40. The van der Waals surface area contributed by atoms with Gasteiger partial charge in [-0.05, 0) is 73.0 Å². The van der Waals surface area contributed by atoms with Crippen LogP contribution >= 0.6 is 0 Å². The molecule has 1 aliphatic heterocycles. The minimum absolute atomic E-state index is 0.0262. The largest absolute Gasteiger partial charge is 0.443 e. The van der Waals surface area contributed by atoms with Crippen LogP contribution in [0.2, 0.25) is 0 Å². The molecule has 5 nitrogen and oxygen atoms in total. The van der Waals surface area contributed by atoms with Gasteiger partial charge < -0.3 is 4.74 Å². The quantitative estimate of drug-likeness (QED) is 0.726. The third kappa shape index (κ3) is 5.19. The Morgan fingerprint density at radius 3 is 2.73 bits per heavy atom. The zero-order valence-electron chi connectivity index (χ0n) is 17.3. The van der Waals surface area contributed by atoms with E-state index in [2.05, 4.69) is 22.9 Å². The number of piperidine rings is 1. The monoisotopic (exact) mass is 361 g/mol. The lowest BCUT2D eigenvalue weighted by molar-refractivity contribution is 0.0568. The number of likely N-dealkylation sites (tertiary alicyclic amines) is 1. The molecule has 0 aliphatic carbocycles. The zero-order chi connectivity index (χ0) is 19.3. The first-order chi connectivity index (χ1) is 12.2. The van der Waals surface area contributed by atoms with Crippen molar-refractivity contribution in [1.82, 2.24) is 9.88 Å². The Labute approximate surface area is 158 Å². The van der Waals surface area contributed by atoms with E-state index in [1.54, 1.807) is 11.1 Å². The number of pyridine rings is 1. The molecule has 0 bridgehead atoms. The lowest BCUT2D eigenvalue weighted by Crippen LogP contribution is -2.43. The fraction of sp³-hybridized carbons (Fsp3) is 0.714. The van der Waals surface area contributed by atoms with Crippen LogP contribution in [0.3, 0.4) is 0 Å². The first-order valence-electron chi connectivity index (χ1n) is 9.95. The van der Waals surface area contributed by atoms with Gasteiger partial charge in [0.25, 0.3) is 0 Å². The lowest BCUT2D eigenvalue weighted by atomic mass is 9.95. The average Bonchev–Trinajstić information content (AvgIpc) is 2.54. The van der Waals surface area contributed by atoms with Crippen molar-refractivity contribution < 1.29 is 9.53 Å². The van der Waals surface area contributed by atoms with Gasteiger partial charge in [-0.2, -0.15) is 0 Å². The van der Waals surface area contributed by atoms with E-state index in [4.69, 9.17) is 4.74 Å². The van der Waals surface area contributed by atoms with Crippen LogP contribution in [0.25, 0.3) is 0 Å². The van der Waals surface area contributed by atoms with Crippen molar-refractivity contribution in [3.05, 3.63) is 23.9 Å². The molecule has 1 aromatic heterocycles. The topological polar surface area (TPSA) is 45.7 Å². The Morgan fingerprint density at radius 2 is 2.12 bits per heavy atom. The molecular weight excluding hydrogens is 326 g/mol. The normalized spacial score (nSPS) is 18.8. The fourth-order valence-corrected chi connectivity index (χ4v) is 3.62. The van der Waals surface area contributed by atoms with Gasteiger partial charge in [-0.15, -0.1) is 0 Å². The Kier molecular flexibility index (Phi) is 7.04. The number of anilines is 1. The molecule has 26 heavy (non-hydrogen) atoms. The number of aromatic nitrogens is 1. The van der Waals surface area contributed by atoms with E-state index < -0.39 is 5.60 Å². The number of carbonyl (C=O) groups excluding carboxylic acids is 1. The minimum Gasteiger partial charge on any atom is -0.443 e.